The van der Waals surface area contributed by atoms with Gasteiger partial charge in [0.25, 0.3) is 0 Å². The molecule has 1 atom stereocenters. The fourth-order valence-electron chi connectivity index (χ4n) is 1.11. The molecule has 0 rings (SSSR count). The van der Waals surface area contributed by atoms with Crippen molar-refractivity contribution < 1.29 is 23.4 Å². The number of aliphatic carboxylic acids is 1. The first-order valence-electron chi connectivity index (χ1n) is 3.88. The summed E-state index contributed by atoms with van der Waals surface area (Å²) in [6.07, 6.45) is 0. The van der Waals surface area contributed by atoms with Crippen LogP contribution in [-0.4, -0.2) is 42.2 Å². The van der Waals surface area contributed by atoms with Crippen molar-refractivity contribution in [3.63, 3.8) is 0 Å². The molecule has 0 amide bonds. The lowest BCUT2D eigenvalue weighted by Crippen LogP contribution is -2.37. The van der Waals surface area contributed by atoms with Gasteiger partial charge in [-0.3, -0.25) is 4.79 Å². The van der Waals surface area contributed by atoms with Crippen LogP contribution in [0.25, 0.3) is 0 Å². The molecular weight excluding hydrogens is 196 g/mol. The van der Waals surface area contributed by atoms with E-state index in [0.717, 1.165) is 0 Å². The molecule has 13 heavy (non-hydrogen) atoms. The topological polar surface area (TPSA) is 91.7 Å². The zero-order valence-corrected chi connectivity index (χ0v) is 8.41. The largest absolute Gasteiger partial charge is 0.480 e. The lowest BCUT2D eigenvalue weighted by atomic mass is 10.1. The van der Waals surface area contributed by atoms with E-state index in [2.05, 4.69) is 0 Å². The molecule has 0 bridgehead atoms. The fraction of sp³-hybridized carbons (Fsp3) is 0.857. The van der Waals surface area contributed by atoms with Crippen LogP contribution >= 0.6 is 0 Å². The van der Waals surface area contributed by atoms with Crippen LogP contribution in [0.15, 0.2) is 0 Å². The van der Waals surface area contributed by atoms with Gasteiger partial charge >= 0.3 is 5.97 Å². The second kappa shape index (κ2) is 4.57. The minimum atomic E-state index is -3.72. The highest BCUT2D eigenvalue weighted by Gasteiger charge is 2.34. The molecule has 5 nitrogen and oxygen atoms in total. The fourth-order valence-corrected chi connectivity index (χ4v) is 2.75. The number of rotatable bonds is 5. The van der Waals surface area contributed by atoms with Gasteiger partial charge < -0.3 is 10.2 Å². The summed E-state index contributed by atoms with van der Waals surface area (Å²) in [5, 5.41) is 15.7. The Bertz CT molecular complexity index is 267. The number of hydrogen-bond acceptors (Lipinski definition) is 4. The molecule has 0 aliphatic heterocycles. The molecule has 0 aliphatic carbocycles. The number of hydrogen-bond donors (Lipinski definition) is 2. The predicted octanol–water partition coefficient (Wildman–Crippen LogP) is -0.497. The zero-order valence-electron chi connectivity index (χ0n) is 7.60. The van der Waals surface area contributed by atoms with E-state index in [1.165, 1.54) is 13.8 Å². The van der Waals surface area contributed by atoms with Crippen LogP contribution < -0.4 is 0 Å². The quantitative estimate of drug-likeness (QED) is 0.638. The summed E-state index contributed by atoms with van der Waals surface area (Å²) in [4.78, 5) is 10.6. The second-order valence-electron chi connectivity index (χ2n) is 3.09. The van der Waals surface area contributed by atoms with Gasteiger partial charge in [-0.2, -0.15) is 0 Å². The SMILES string of the molecule is CC(C)C(C(=O)O)S(=O)(=O)CCO. The van der Waals surface area contributed by atoms with Crippen LogP contribution in [0.1, 0.15) is 13.8 Å². The highest BCUT2D eigenvalue weighted by molar-refractivity contribution is 7.92. The summed E-state index contributed by atoms with van der Waals surface area (Å²) in [5.74, 6) is -2.35. The molecule has 0 spiro atoms. The van der Waals surface area contributed by atoms with Crippen LogP contribution in [0.4, 0.5) is 0 Å². The van der Waals surface area contributed by atoms with E-state index in [1.807, 2.05) is 0 Å². The van der Waals surface area contributed by atoms with Gasteiger partial charge in [0.15, 0.2) is 15.1 Å². The van der Waals surface area contributed by atoms with Crippen molar-refractivity contribution in [2.24, 2.45) is 5.92 Å². The molecule has 78 valence electrons. The van der Waals surface area contributed by atoms with Gasteiger partial charge in [-0.05, 0) is 5.92 Å². The van der Waals surface area contributed by atoms with Gasteiger partial charge in [-0.15, -0.1) is 0 Å². The van der Waals surface area contributed by atoms with Crippen molar-refractivity contribution >= 4 is 15.8 Å². The van der Waals surface area contributed by atoms with Crippen molar-refractivity contribution in [2.75, 3.05) is 12.4 Å². The number of carbonyl (C=O) groups is 1. The van der Waals surface area contributed by atoms with E-state index in [-0.39, 0.29) is 0 Å². The summed E-state index contributed by atoms with van der Waals surface area (Å²) in [5.41, 5.74) is 0. The zero-order chi connectivity index (χ0) is 10.6. The molecule has 6 heteroatoms. The van der Waals surface area contributed by atoms with Gasteiger partial charge in [0, 0.05) is 0 Å². The van der Waals surface area contributed by atoms with Crippen LogP contribution in [0.5, 0.6) is 0 Å². The average Bonchev–Trinajstić information content (AvgIpc) is 1.82. The third-order valence-corrected chi connectivity index (χ3v) is 3.88. The minimum absolute atomic E-state index is 0.492. The second-order valence-corrected chi connectivity index (χ2v) is 5.34. The molecule has 0 fully saturated rings. The molecule has 0 saturated carbocycles. The van der Waals surface area contributed by atoms with E-state index in [1.54, 1.807) is 0 Å². The molecule has 2 N–H and O–H groups in total. The lowest BCUT2D eigenvalue weighted by molar-refractivity contribution is -0.137. The molecule has 0 aliphatic rings. The summed E-state index contributed by atoms with van der Waals surface area (Å²) < 4.78 is 22.5. The molecule has 0 saturated heterocycles. The molecule has 0 aromatic carbocycles. The maximum Gasteiger partial charge on any atom is 0.322 e. The van der Waals surface area contributed by atoms with Gasteiger partial charge in [-0.1, -0.05) is 13.8 Å². The Morgan fingerprint density at radius 1 is 1.38 bits per heavy atom. The molecule has 0 heterocycles. The summed E-state index contributed by atoms with van der Waals surface area (Å²) in [6.45, 7) is 2.50. The van der Waals surface area contributed by atoms with E-state index in [0.29, 0.717) is 0 Å². The van der Waals surface area contributed by atoms with Gasteiger partial charge in [0.2, 0.25) is 0 Å². The van der Waals surface area contributed by atoms with E-state index in [4.69, 9.17) is 10.2 Å². The minimum Gasteiger partial charge on any atom is -0.480 e. The number of sulfone groups is 1. The van der Waals surface area contributed by atoms with E-state index >= 15 is 0 Å². The van der Waals surface area contributed by atoms with Gasteiger partial charge in [-0.25, -0.2) is 8.42 Å². The molecule has 1 unspecified atom stereocenters. The predicted molar refractivity (Wildman–Crippen MR) is 47.1 cm³/mol. The van der Waals surface area contributed by atoms with Crippen LogP contribution in [0.2, 0.25) is 0 Å². The monoisotopic (exact) mass is 210 g/mol. The average molecular weight is 210 g/mol. The summed E-state index contributed by atoms with van der Waals surface area (Å²) >= 11 is 0. The highest BCUT2D eigenvalue weighted by atomic mass is 32.2. The number of carboxylic acid groups (broad SMARTS) is 1. The first kappa shape index (κ1) is 12.4. The van der Waals surface area contributed by atoms with Gasteiger partial charge in [0.05, 0.1) is 12.4 Å². The number of carboxylic acids is 1. The summed E-state index contributed by atoms with van der Waals surface area (Å²) in [6, 6.07) is 0. The van der Waals surface area contributed by atoms with Crippen molar-refractivity contribution in [1.29, 1.82) is 0 Å². The maximum absolute atomic E-state index is 11.3. The molecular formula is C7H14O5S. The van der Waals surface area contributed by atoms with Crippen molar-refractivity contribution in [3.8, 4) is 0 Å². The highest BCUT2D eigenvalue weighted by Crippen LogP contribution is 2.13. The van der Waals surface area contributed by atoms with Crippen molar-refractivity contribution in [1.82, 2.24) is 0 Å². The molecule has 0 radical (unpaired) electrons. The molecule has 0 aromatic rings. The Morgan fingerprint density at radius 3 is 2.08 bits per heavy atom. The van der Waals surface area contributed by atoms with Crippen LogP contribution in [0.3, 0.4) is 0 Å². The maximum atomic E-state index is 11.3. The normalized spacial score (nSPS) is 14.5. The third kappa shape index (κ3) is 3.31. The Kier molecular flexibility index (Phi) is 4.35. The Hall–Kier alpha value is -0.620. The first-order chi connectivity index (χ1) is 5.83. The first-order valence-corrected chi connectivity index (χ1v) is 5.59. The van der Waals surface area contributed by atoms with Crippen LogP contribution in [0, 0.1) is 5.92 Å². The standard InChI is InChI=1S/C7H14O5S/c1-5(2)6(7(9)10)13(11,12)4-3-8/h5-6,8H,3-4H2,1-2H3,(H,9,10). The Morgan fingerprint density at radius 2 is 1.85 bits per heavy atom. The van der Waals surface area contributed by atoms with E-state index in [9.17, 15) is 13.2 Å². The van der Waals surface area contributed by atoms with E-state index < -0.39 is 39.3 Å². The van der Waals surface area contributed by atoms with Gasteiger partial charge in [0.1, 0.15) is 0 Å². The van der Waals surface area contributed by atoms with Crippen molar-refractivity contribution in [3.05, 3.63) is 0 Å². The molecule has 0 aromatic heterocycles. The number of aliphatic hydroxyl groups excluding tert-OH is 1. The van der Waals surface area contributed by atoms with Crippen molar-refractivity contribution in [2.45, 2.75) is 19.1 Å². The summed E-state index contributed by atoms with van der Waals surface area (Å²) in [7, 11) is -3.72. The lowest BCUT2D eigenvalue weighted by Gasteiger charge is -2.15. The smallest absolute Gasteiger partial charge is 0.322 e. The van der Waals surface area contributed by atoms with Crippen LogP contribution in [-0.2, 0) is 14.6 Å². The number of aliphatic hydroxyl groups is 1. The third-order valence-electron chi connectivity index (χ3n) is 1.61. The Labute approximate surface area is 77.3 Å². The Balaban J connectivity index is 4.85.